The summed E-state index contributed by atoms with van der Waals surface area (Å²) < 4.78 is 0. The van der Waals surface area contributed by atoms with Crippen molar-refractivity contribution in [2.24, 2.45) is 17.3 Å². The lowest BCUT2D eigenvalue weighted by atomic mass is 9.52. The maximum absolute atomic E-state index is 13.4. The summed E-state index contributed by atoms with van der Waals surface area (Å²) >= 11 is 0. The van der Waals surface area contributed by atoms with Crippen molar-refractivity contribution in [3.05, 3.63) is 0 Å². The van der Waals surface area contributed by atoms with Crippen molar-refractivity contribution < 1.29 is 39.6 Å². The fraction of sp³-hybridized carbons (Fsp3) is 0.895. The second-order valence-electron chi connectivity index (χ2n) is 17.4. The van der Waals surface area contributed by atoms with Crippen LogP contribution in [0.25, 0.3) is 0 Å². The van der Waals surface area contributed by atoms with Gasteiger partial charge < -0.3 is 31.1 Å². The zero-order valence-corrected chi connectivity index (χ0v) is 31.5. The number of hydrogen-bond acceptors (Lipinski definition) is 6. The highest BCUT2D eigenvalue weighted by Gasteiger charge is 2.58. The normalized spacial score (nSPS) is 20.3. The Balaban J connectivity index is 0.000000692. The molecule has 2 aliphatic heterocycles. The molecule has 0 unspecified atom stereocenters. The first kappa shape index (κ1) is 43.8. The molecule has 0 aromatic heterocycles. The molecule has 10 heteroatoms. The van der Waals surface area contributed by atoms with Gasteiger partial charge in [-0.25, -0.2) is 0 Å². The molecular weight excluding hydrogens is 612 g/mol. The van der Waals surface area contributed by atoms with Gasteiger partial charge in [-0.1, -0.05) is 51.4 Å². The van der Waals surface area contributed by atoms with E-state index in [2.05, 4.69) is 66.0 Å². The lowest BCUT2D eigenvalue weighted by molar-refractivity contribution is -0.166. The molecule has 0 radical (unpaired) electrons. The number of rotatable bonds is 20. The van der Waals surface area contributed by atoms with Crippen molar-refractivity contribution in [1.82, 2.24) is 10.6 Å². The van der Waals surface area contributed by atoms with Gasteiger partial charge in [0.15, 0.2) is 0 Å². The third-order valence-corrected chi connectivity index (χ3v) is 10.2. The van der Waals surface area contributed by atoms with Crippen molar-refractivity contribution in [2.75, 3.05) is 0 Å². The summed E-state index contributed by atoms with van der Waals surface area (Å²) in [5.41, 5.74) is -1.19. The van der Waals surface area contributed by atoms with E-state index in [9.17, 15) is 24.3 Å². The molecule has 0 saturated carbocycles. The zero-order valence-electron chi connectivity index (χ0n) is 31.5. The Labute approximate surface area is 290 Å². The molecule has 0 spiro atoms. The predicted molar refractivity (Wildman–Crippen MR) is 190 cm³/mol. The van der Waals surface area contributed by atoms with E-state index in [1.165, 1.54) is 0 Å². The average Bonchev–Trinajstić information content (AvgIpc) is 2.88. The van der Waals surface area contributed by atoms with Gasteiger partial charge in [0.2, 0.25) is 0 Å². The topological polar surface area (TPSA) is 173 Å². The van der Waals surface area contributed by atoms with E-state index >= 15 is 0 Å². The third kappa shape index (κ3) is 16.5. The number of carbonyl (C=O) groups is 4. The number of carboxylic acid groups (broad SMARTS) is 4. The second kappa shape index (κ2) is 19.3. The van der Waals surface area contributed by atoms with Crippen LogP contribution in [0.2, 0.25) is 0 Å². The van der Waals surface area contributed by atoms with Crippen molar-refractivity contribution in [1.29, 1.82) is 0 Å². The molecule has 2 saturated heterocycles. The smallest absolute Gasteiger partial charge is 0.310 e. The summed E-state index contributed by atoms with van der Waals surface area (Å²) in [4.78, 5) is 44.5. The van der Waals surface area contributed by atoms with Crippen molar-refractivity contribution >= 4 is 23.9 Å². The Hall–Kier alpha value is -2.20. The average molecular weight is 683 g/mol. The summed E-state index contributed by atoms with van der Waals surface area (Å²) in [6.07, 6.45) is 14.6. The zero-order chi connectivity index (χ0) is 36.8. The number of piperidine rings is 2. The summed E-state index contributed by atoms with van der Waals surface area (Å²) in [6, 6.07) is 0. The minimum absolute atomic E-state index is 0.109. The molecule has 0 aliphatic carbocycles. The third-order valence-electron chi connectivity index (χ3n) is 10.2. The molecule has 10 nitrogen and oxygen atoms in total. The number of carboxylic acids is 4. The lowest BCUT2D eigenvalue weighted by Gasteiger charge is -2.57. The molecule has 2 aliphatic rings. The Morgan fingerprint density at radius 1 is 0.479 bits per heavy atom. The van der Waals surface area contributed by atoms with Crippen LogP contribution in [0.1, 0.15) is 177 Å². The first-order chi connectivity index (χ1) is 22.0. The van der Waals surface area contributed by atoms with Crippen LogP contribution in [-0.2, 0) is 19.2 Å². The largest absolute Gasteiger partial charge is 0.481 e. The van der Waals surface area contributed by atoms with E-state index in [1.807, 2.05) is 0 Å². The summed E-state index contributed by atoms with van der Waals surface area (Å²) in [5, 5.41) is 44.1. The highest BCUT2D eigenvalue weighted by atomic mass is 16.4. The first-order valence-electron chi connectivity index (χ1n) is 18.5. The molecule has 48 heavy (non-hydrogen) atoms. The summed E-state index contributed by atoms with van der Waals surface area (Å²) in [6.45, 7) is 17.7. The molecule has 280 valence electrons. The minimum Gasteiger partial charge on any atom is -0.481 e. The van der Waals surface area contributed by atoms with Crippen molar-refractivity contribution in [3.63, 3.8) is 0 Å². The molecule has 2 heterocycles. The Morgan fingerprint density at radius 3 is 0.979 bits per heavy atom. The second-order valence-corrected chi connectivity index (χ2v) is 17.4. The van der Waals surface area contributed by atoms with E-state index < -0.39 is 29.3 Å². The first-order valence-corrected chi connectivity index (χ1v) is 18.5. The number of unbranched alkanes of at least 4 members (excludes halogenated alkanes) is 9. The SMILES string of the molecule is CC1(C)CC(C(CCCCCCCC(=O)O)(C(=O)O)C2CC(C)(C)NC(C)(C)C2)CC(C)(C)N1.O=C(O)CCCCCCCCC(=O)O. The van der Waals surface area contributed by atoms with Gasteiger partial charge in [-0.3, -0.25) is 19.2 Å². The van der Waals surface area contributed by atoms with Gasteiger partial charge in [-0.15, -0.1) is 0 Å². The maximum atomic E-state index is 13.4. The van der Waals surface area contributed by atoms with Gasteiger partial charge >= 0.3 is 23.9 Å². The fourth-order valence-electron chi connectivity index (χ4n) is 9.05. The van der Waals surface area contributed by atoms with Gasteiger partial charge in [-0.05, 0) is 119 Å². The van der Waals surface area contributed by atoms with Crippen molar-refractivity contribution in [3.8, 4) is 0 Å². The van der Waals surface area contributed by atoms with Crippen LogP contribution < -0.4 is 10.6 Å². The molecule has 2 rings (SSSR count). The Morgan fingerprint density at radius 2 is 0.729 bits per heavy atom. The van der Waals surface area contributed by atoms with Gasteiger partial charge in [0.1, 0.15) is 0 Å². The van der Waals surface area contributed by atoms with Crippen LogP contribution in [0.4, 0.5) is 0 Å². The van der Waals surface area contributed by atoms with E-state index in [1.54, 1.807) is 0 Å². The van der Waals surface area contributed by atoms with Crippen LogP contribution in [0.3, 0.4) is 0 Å². The van der Waals surface area contributed by atoms with E-state index in [-0.39, 0.29) is 53.3 Å². The number of nitrogens with one attached hydrogen (secondary N) is 2. The number of aliphatic carboxylic acids is 4. The van der Waals surface area contributed by atoms with E-state index in [0.29, 0.717) is 12.8 Å². The number of hydrogen-bond donors (Lipinski definition) is 6. The minimum atomic E-state index is -0.756. The molecule has 6 N–H and O–H groups in total. The maximum Gasteiger partial charge on any atom is 0.310 e. The van der Waals surface area contributed by atoms with Crippen LogP contribution in [-0.4, -0.2) is 66.5 Å². The molecule has 0 bridgehead atoms. The summed E-state index contributed by atoms with van der Waals surface area (Å²) in [5.74, 6) is -2.62. The van der Waals surface area contributed by atoms with Crippen molar-refractivity contribution in [2.45, 2.75) is 200 Å². The monoisotopic (exact) mass is 683 g/mol. The molecule has 0 amide bonds. The standard InChI is InChI=1S/C28H52N2O4.C10H18O4/c1-24(2)16-20(17-25(3,4)29-24)28(23(33)34,15-13-11-9-10-12-14-22(31)32)21-18-26(5,6)30-27(7,8)19-21;11-9(12)7-5-3-1-2-4-6-8-10(13)14/h20-21,29-30H,9-19H2,1-8H3,(H,31,32)(H,33,34);1-8H2,(H,11,12)(H,13,14). The van der Waals surface area contributed by atoms with Gasteiger partial charge in [0, 0.05) is 41.4 Å². The Kier molecular flexibility index (Phi) is 17.6. The molecule has 2 fully saturated rings. The molecule has 0 atom stereocenters. The van der Waals surface area contributed by atoms with Gasteiger partial charge in [0.05, 0.1) is 5.41 Å². The van der Waals surface area contributed by atoms with Gasteiger partial charge in [-0.2, -0.15) is 0 Å². The van der Waals surface area contributed by atoms with Crippen LogP contribution in [0, 0.1) is 17.3 Å². The van der Waals surface area contributed by atoms with Gasteiger partial charge in [0.25, 0.3) is 0 Å². The van der Waals surface area contributed by atoms with Crippen LogP contribution >= 0.6 is 0 Å². The summed E-state index contributed by atoms with van der Waals surface area (Å²) in [7, 11) is 0. The van der Waals surface area contributed by atoms with Crippen LogP contribution in [0.15, 0.2) is 0 Å². The lowest BCUT2D eigenvalue weighted by Crippen LogP contribution is -2.65. The Bertz CT molecular complexity index is 946. The fourth-order valence-corrected chi connectivity index (χ4v) is 9.05. The predicted octanol–water partition coefficient (Wildman–Crippen LogP) is 8.26. The molecule has 0 aromatic carbocycles. The highest BCUT2D eigenvalue weighted by Crippen LogP contribution is 2.55. The van der Waals surface area contributed by atoms with Crippen LogP contribution in [0.5, 0.6) is 0 Å². The molecule has 0 aromatic rings. The highest BCUT2D eigenvalue weighted by molar-refractivity contribution is 5.76. The quantitative estimate of drug-likeness (QED) is 0.0686. The van der Waals surface area contributed by atoms with E-state index in [0.717, 1.165) is 89.9 Å². The van der Waals surface area contributed by atoms with E-state index in [4.69, 9.17) is 15.3 Å². The molecular formula is C38H70N2O8.